The van der Waals surface area contributed by atoms with Gasteiger partial charge in [-0.05, 0) is 18.2 Å². The standard InChI is InChI=1S/C8H7Cl2NO2/c9-6-1-2-8(7(10)5-6)13-4-3-11-12/h1-3,5,12H,4H2/b11-3+. The van der Waals surface area contributed by atoms with E-state index >= 15 is 0 Å². The first-order chi connectivity index (χ1) is 6.24. The minimum Gasteiger partial charge on any atom is -0.486 e. The molecule has 1 rings (SSSR count). The molecule has 0 unspecified atom stereocenters. The van der Waals surface area contributed by atoms with E-state index in [1.807, 2.05) is 0 Å². The Morgan fingerprint density at radius 3 is 2.85 bits per heavy atom. The number of benzene rings is 1. The highest BCUT2D eigenvalue weighted by Gasteiger charge is 2.00. The fourth-order valence-corrected chi connectivity index (χ4v) is 1.22. The van der Waals surface area contributed by atoms with Gasteiger partial charge in [-0.15, -0.1) is 0 Å². The molecule has 1 aromatic carbocycles. The molecule has 0 saturated heterocycles. The molecule has 1 N–H and O–H groups in total. The summed E-state index contributed by atoms with van der Waals surface area (Å²) in [6.45, 7) is 0.165. The van der Waals surface area contributed by atoms with Gasteiger partial charge in [0.25, 0.3) is 0 Å². The topological polar surface area (TPSA) is 41.8 Å². The maximum atomic E-state index is 8.09. The first-order valence-electron chi connectivity index (χ1n) is 3.48. The number of halogens is 2. The van der Waals surface area contributed by atoms with Gasteiger partial charge >= 0.3 is 0 Å². The number of oxime groups is 1. The molecule has 1 aromatic rings. The van der Waals surface area contributed by atoms with E-state index in [0.717, 1.165) is 0 Å². The van der Waals surface area contributed by atoms with E-state index in [1.54, 1.807) is 18.2 Å². The summed E-state index contributed by atoms with van der Waals surface area (Å²) in [4.78, 5) is 0. The van der Waals surface area contributed by atoms with Gasteiger partial charge in [0.2, 0.25) is 0 Å². The molecule has 0 aliphatic rings. The molecule has 0 spiro atoms. The second-order valence-corrected chi connectivity index (χ2v) is 3.03. The summed E-state index contributed by atoms with van der Waals surface area (Å²) in [5.41, 5.74) is 0. The quantitative estimate of drug-likeness (QED) is 0.483. The zero-order valence-electron chi connectivity index (χ0n) is 6.58. The van der Waals surface area contributed by atoms with Crippen LogP contribution in [0.25, 0.3) is 0 Å². The third-order valence-electron chi connectivity index (χ3n) is 1.29. The van der Waals surface area contributed by atoms with Crippen molar-refractivity contribution in [3.8, 4) is 5.75 Å². The summed E-state index contributed by atoms with van der Waals surface area (Å²) in [5, 5.41) is 11.9. The highest BCUT2D eigenvalue weighted by Crippen LogP contribution is 2.27. The molecule has 0 aliphatic carbocycles. The molecular weight excluding hydrogens is 213 g/mol. The first-order valence-corrected chi connectivity index (χ1v) is 4.23. The zero-order chi connectivity index (χ0) is 9.68. The Morgan fingerprint density at radius 2 is 2.23 bits per heavy atom. The van der Waals surface area contributed by atoms with Gasteiger partial charge in [-0.3, -0.25) is 0 Å². The van der Waals surface area contributed by atoms with Crippen LogP contribution >= 0.6 is 23.2 Å². The highest BCUT2D eigenvalue weighted by atomic mass is 35.5. The molecule has 0 atom stereocenters. The van der Waals surface area contributed by atoms with Crippen LogP contribution in [0.5, 0.6) is 5.75 Å². The van der Waals surface area contributed by atoms with Crippen LogP contribution in [0.4, 0.5) is 0 Å². The summed E-state index contributed by atoms with van der Waals surface area (Å²) < 4.78 is 5.13. The van der Waals surface area contributed by atoms with Gasteiger partial charge in [0, 0.05) is 5.02 Å². The van der Waals surface area contributed by atoms with E-state index in [0.29, 0.717) is 15.8 Å². The monoisotopic (exact) mass is 219 g/mol. The van der Waals surface area contributed by atoms with Crippen molar-refractivity contribution in [1.82, 2.24) is 0 Å². The molecule has 5 heteroatoms. The van der Waals surface area contributed by atoms with Crippen molar-refractivity contribution in [3.63, 3.8) is 0 Å². The van der Waals surface area contributed by atoms with Gasteiger partial charge in [-0.2, -0.15) is 0 Å². The summed E-state index contributed by atoms with van der Waals surface area (Å²) in [6.07, 6.45) is 1.21. The fourth-order valence-electron chi connectivity index (χ4n) is 0.753. The fraction of sp³-hybridized carbons (Fsp3) is 0.125. The van der Waals surface area contributed by atoms with Crippen LogP contribution in [-0.2, 0) is 0 Å². The second-order valence-electron chi connectivity index (χ2n) is 2.18. The molecule has 0 radical (unpaired) electrons. The smallest absolute Gasteiger partial charge is 0.138 e. The van der Waals surface area contributed by atoms with E-state index in [4.69, 9.17) is 33.1 Å². The summed E-state index contributed by atoms with van der Waals surface area (Å²) >= 11 is 11.5. The minimum atomic E-state index is 0.165. The van der Waals surface area contributed by atoms with Crippen LogP contribution in [-0.4, -0.2) is 18.0 Å². The van der Waals surface area contributed by atoms with E-state index in [2.05, 4.69) is 5.16 Å². The average Bonchev–Trinajstić information content (AvgIpc) is 2.09. The predicted octanol–water partition coefficient (Wildman–Crippen LogP) is 2.83. The van der Waals surface area contributed by atoms with Gasteiger partial charge in [-0.25, -0.2) is 0 Å². The van der Waals surface area contributed by atoms with Gasteiger partial charge in [0.15, 0.2) is 0 Å². The largest absolute Gasteiger partial charge is 0.486 e. The average molecular weight is 220 g/mol. The molecule has 0 aromatic heterocycles. The number of ether oxygens (including phenoxy) is 1. The third kappa shape index (κ3) is 3.13. The molecule has 0 fully saturated rings. The van der Waals surface area contributed by atoms with Crippen molar-refractivity contribution in [2.24, 2.45) is 5.16 Å². The van der Waals surface area contributed by atoms with Gasteiger partial charge in [-0.1, -0.05) is 28.4 Å². The van der Waals surface area contributed by atoms with E-state index in [-0.39, 0.29) is 6.61 Å². The Bertz CT molecular complexity index is 315. The Morgan fingerprint density at radius 1 is 1.46 bits per heavy atom. The van der Waals surface area contributed by atoms with Crippen molar-refractivity contribution in [2.75, 3.05) is 6.61 Å². The number of hydrogen-bond acceptors (Lipinski definition) is 3. The Kier molecular flexibility index (Phi) is 3.86. The number of nitrogens with zero attached hydrogens (tertiary/aromatic N) is 1. The SMILES string of the molecule is O/N=C/COc1ccc(Cl)cc1Cl. The van der Waals surface area contributed by atoms with Crippen LogP contribution < -0.4 is 4.74 Å². The Balaban J connectivity index is 2.66. The van der Waals surface area contributed by atoms with Gasteiger partial charge in [0.05, 0.1) is 11.2 Å². The lowest BCUT2D eigenvalue weighted by molar-refractivity contribution is 0.312. The minimum absolute atomic E-state index is 0.165. The van der Waals surface area contributed by atoms with Crippen LogP contribution in [0.2, 0.25) is 10.0 Å². The molecular formula is C8H7Cl2NO2. The normalized spacial score (nSPS) is 10.6. The van der Waals surface area contributed by atoms with E-state index in [9.17, 15) is 0 Å². The Labute approximate surface area is 85.5 Å². The maximum absolute atomic E-state index is 8.09. The molecule has 13 heavy (non-hydrogen) atoms. The summed E-state index contributed by atoms with van der Waals surface area (Å²) in [7, 11) is 0. The van der Waals surface area contributed by atoms with Crippen LogP contribution in [0.3, 0.4) is 0 Å². The molecule has 0 heterocycles. The zero-order valence-corrected chi connectivity index (χ0v) is 8.09. The number of hydrogen-bond donors (Lipinski definition) is 1. The Hall–Kier alpha value is -0.930. The van der Waals surface area contributed by atoms with Gasteiger partial charge in [0.1, 0.15) is 12.4 Å². The first kappa shape index (κ1) is 10.2. The van der Waals surface area contributed by atoms with Crippen molar-refractivity contribution < 1.29 is 9.94 Å². The molecule has 0 saturated carbocycles. The third-order valence-corrected chi connectivity index (χ3v) is 1.82. The number of rotatable bonds is 3. The van der Waals surface area contributed by atoms with Crippen LogP contribution in [0.1, 0.15) is 0 Å². The van der Waals surface area contributed by atoms with E-state index < -0.39 is 0 Å². The van der Waals surface area contributed by atoms with Crippen LogP contribution in [0.15, 0.2) is 23.4 Å². The van der Waals surface area contributed by atoms with Crippen molar-refractivity contribution >= 4 is 29.4 Å². The lowest BCUT2D eigenvalue weighted by Crippen LogP contribution is -1.98. The van der Waals surface area contributed by atoms with Crippen molar-refractivity contribution in [2.45, 2.75) is 0 Å². The van der Waals surface area contributed by atoms with Crippen molar-refractivity contribution in [3.05, 3.63) is 28.2 Å². The maximum Gasteiger partial charge on any atom is 0.138 e. The molecule has 0 aliphatic heterocycles. The highest BCUT2D eigenvalue weighted by molar-refractivity contribution is 6.35. The molecule has 3 nitrogen and oxygen atoms in total. The van der Waals surface area contributed by atoms with Crippen LogP contribution in [0, 0.1) is 0 Å². The summed E-state index contributed by atoms with van der Waals surface area (Å²) in [6, 6.07) is 4.89. The molecule has 0 amide bonds. The molecule has 0 bridgehead atoms. The van der Waals surface area contributed by atoms with E-state index in [1.165, 1.54) is 6.21 Å². The predicted molar refractivity (Wildman–Crippen MR) is 52.2 cm³/mol. The molecule has 70 valence electrons. The van der Waals surface area contributed by atoms with Gasteiger partial charge < -0.3 is 9.94 Å². The second kappa shape index (κ2) is 4.94. The summed E-state index contributed by atoms with van der Waals surface area (Å²) in [5.74, 6) is 0.506. The lowest BCUT2D eigenvalue weighted by atomic mass is 10.3. The van der Waals surface area contributed by atoms with Crippen molar-refractivity contribution in [1.29, 1.82) is 0 Å². The lowest BCUT2D eigenvalue weighted by Gasteiger charge is -2.04.